The monoisotopic (exact) mass is 317 g/mol. The zero-order valence-corrected chi connectivity index (χ0v) is 11.4. The summed E-state index contributed by atoms with van der Waals surface area (Å²) in [6.45, 7) is 0. The smallest absolute Gasteiger partial charge is 0.446 e. The molecule has 112 valence electrons. The third-order valence-electron chi connectivity index (χ3n) is 2.57. The van der Waals surface area contributed by atoms with Crippen molar-refractivity contribution in [2.75, 3.05) is 0 Å². The molecule has 1 aromatic heterocycles. The number of aromatic carboxylic acids is 1. The van der Waals surface area contributed by atoms with Gasteiger partial charge in [-0.05, 0) is 35.9 Å². The lowest BCUT2D eigenvalue weighted by atomic mass is 10.1. The summed E-state index contributed by atoms with van der Waals surface area (Å²) in [5.74, 6) is -0.810. The number of aromatic nitrogens is 1. The van der Waals surface area contributed by atoms with Crippen molar-refractivity contribution in [1.82, 2.24) is 5.16 Å². The first-order chi connectivity index (χ1) is 9.83. The summed E-state index contributed by atoms with van der Waals surface area (Å²) < 4.78 is 41.7. The van der Waals surface area contributed by atoms with Crippen LogP contribution in [0.25, 0.3) is 0 Å². The molecule has 1 aromatic carbocycles. The summed E-state index contributed by atoms with van der Waals surface area (Å²) in [5, 5.41) is 12.1. The number of halogens is 3. The largest absolute Gasteiger partial charge is 0.476 e. The van der Waals surface area contributed by atoms with Gasteiger partial charge in [-0.2, -0.15) is 13.2 Å². The average Bonchev–Trinajstić information content (AvgIpc) is 2.83. The number of rotatable bonds is 5. The van der Waals surface area contributed by atoms with Gasteiger partial charge in [0.15, 0.2) is 5.69 Å². The van der Waals surface area contributed by atoms with Gasteiger partial charge in [-0.25, -0.2) is 4.79 Å². The van der Waals surface area contributed by atoms with Crippen molar-refractivity contribution >= 4 is 17.7 Å². The lowest BCUT2D eigenvalue weighted by molar-refractivity contribution is -0.0328. The maximum Gasteiger partial charge on any atom is 0.446 e. The molecule has 2 rings (SSSR count). The molecule has 0 spiro atoms. The minimum Gasteiger partial charge on any atom is -0.476 e. The van der Waals surface area contributed by atoms with Crippen molar-refractivity contribution in [1.29, 1.82) is 0 Å². The maximum absolute atomic E-state index is 12.3. The number of carboxylic acids is 1. The number of hydrogen-bond donors (Lipinski definition) is 1. The highest BCUT2D eigenvalue weighted by Gasteiger charge is 2.29. The molecule has 21 heavy (non-hydrogen) atoms. The Hall–Kier alpha value is -1.96. The third-order valence-corrected chi connectivity index (χ3v) is 3.29. The van der Waals surface area contributed by atoms with E-state index in [0.717, 1.165) is 0 Å². The second-order valence-corrected chi connectivity index (χ2v) is 5.32. The van der Waals surface area contributed by atoms with Crippen LogP contribution < -0.4 is 0 Å². The van der Waals surface area contributed by atoms with E-state index in [1.807, 2.05) is 0 Å². The molecule has 0 aliphatic carbocycles. The number of alkyl halides is 3. The second kappa shape index (κ2) is 6.21. The molecule has 2 aromatic rings. The number of hydrogen-bond acceptors (Lipinski definition) is 4. The van der Waals surface area contributed by atoms with E-state index in [-0.39, 0.29) is 22.4 Å². The summed E-state index contributed by atoms with van der Waals surface area (Å²) in [4.78, 5) is 10.7. The molecular formula is C13H10F3NO3S. The molecule has 8 heteroatoms. The van der Waals surface area contributed by atoms with E-state index in [4.69, 9.17) is 9.63 Å². The zero-order valence-electron chi connectivity index (χ0n) is 10.6. The van der Waals surface area contributed by atoms with E-state index in [9.17, 15) is 18.0 Å². The van der Waals surface area contributed by atoms with Crippen LogP contribution in [0.2, 0.25) is 0 Å². The lowest BCUT2D eigenvalue weighted by Gasteiger charge is -2.07. The van der Waals surface area contributed by atoms with E-state index in [2.05, 4.69) is 5.16 Å². The molecule has 0 saturated heterocycles. The average molecular weight is 317 g/mol. The van der Waals surface area contributed by atoms with Crippen molar-refractivity contribution in [3.63, 3.8) is 0 Å². The van der Waals surface area contributed by atoms with Gasteiger partial charge in [0.1, 0.15) is 5.76 Å². The maximum atomic E-state index is 12.3. The number of benzene rings is 1. The highest BCUT2D eigenvalue weighted by atomic mass is 32.2. The van der Waals surface area contributed by atoms with Crippen LogP contribution in [0.1, 0.15) is 21.8 Å². The minimum atomic E-state index is -4.32. The van der Waals surface area contributed by atoms with Gasteiger partial charge in [0.2, 0.25) is 0 Å². The van der Waals surface area contributed by atoms with Gasteiger partial charge < -0.3 is 9.63 Å². The van der Waals surface area contributed by atoms with Crippen LogP contribution in [0.4, 0.5) is 13.2 Å². The van der Waals surface area contributed by atoms with E-state index >= 15 is 0 Å². The van der Waals surface area contributed by atoms with Gasteiger partial charge in [-0.1, -0.05) is 17.3 Å². The number of aryl methyl sites for hydroxylation is 2. The first-order valence-electron chi connectivity index (χ1n) is 5.87. The molecule has 0 atom stereocenters. The summed E-state index contributed by atoms with van der Waals surface area (Å²) in [7, 11) is 0. The summed E-state index contributed by atoms with van der Waals surface area (Å²) in [5.41, 5.74) is -3.80. The van der Waals surface area contributed by atoms with Crippen LogP contribution in [0.3, 0.4) is 0 Å². The Bertz CT molecular complexity index is 640. The SMILES string of the molecule is O=C(O)c1cc(CCc2cccc(SC(F)(F)F)c2)on1. The van der Waals surface area contributed by atoms with Gasteiger partial charge in [-0.3, -0.25) is 0 Å². The van der Waals surface area contributed by atoms with Crippen LogP contribution in [0.15, 0.2) is 39.8 Å². The Kier molecular flexibility index (Phi) is 4.56. The van der Waals surface area contributed by atoms with Crippen molar-refractivity contribution in [2.24, 2.45) is 0 Å². The van der Waals surface area contributed by atoms with Crippen LogP contribution in [-0.2, 0) is 12.8 Å². The number of thioether (sulfide) groups is 1. The Morgan fingerprint density at radius 2 is 2.05 bits per heavy atom. The van der Waals surface area contributed by atoms with E-state index in [0.29, 0.717) is 24.2 Å². The Morgan fingerprint density at radius 1 is 1.29 bits per heavy atom. The van der Waals surface area contributed by atoms with Crippen molar-refractivity contribution in [3.8, 4) is 0 Å². The molecule has 0 saturated carbocycles. The van der Waals surface area contributed by atoms with E-state index < -0.39 is 11.5 Å². The van der Waals surface area contributed by atoms with Crippen LogP contribution in [0.5, 0.6) is 0 Å². The lowest BCUT2D eigenvalue weighted by Crippen LogP contribution is -1.99. The number of nitrogens with zero attached hydrogens (tertiary/aromatic N) is 1. The fraction of sp³-hybridized carbons (Fsp3) is 0.231. The second-order valence-electron chi connectivity index (χ2n) is 4.18. The quantitative estimate of drug-likeness (QED) is 0.851. The normalized spacial score (nSPS) is 11.6. The minimum absolute atomic E-state index is 0.115. The predicted molar refractivity (Wildman–Crippen MR) is 69.2 cm³/mol. The van der Waals surface area contributed by atoms with Crippen molar-refractivity contribution in [2.45, 2.75) is 23.2 Å². The molecule has 4 nitrogen and oxygen atoms in total. The molecule has 0 fully saturated rings. The first-order valence-corrected chi connectivity index (χ1v) is 6.69. The van der Waals surface area contributed by atoms with Gasteiger partial charge in [-0.15, -0.1) is 0 Å². The molecule has 0 amide bonds. The highest BCUT2D eigenvalue weighted by molar-refractivity contribution is 8.00. The topological polar surface area (TPSA) is 63.3 Å². The van der Waals surface area contributed by atoms with Gasteiger partial charge in [0.05, 0.1) is 0 Å². The summed E-state index contributed by atoms with van der Waals surface area (Å²) in [6, 6.07) is 7.39. The van der Waals surface area contributed by atoms with Crippen molar-refractivity contribution in [3.05, 3.63) is 47.3 Å². The number of carboxylic acid groups (broad SMARTS) is 1. The third kappa shape index (κ3) is 4.82. The van der Waals surface area contributed by atoms with E-state index in [1.165, 1.54) is 18.2 Å². The molecule has 0 aliphatic heterocycles. The van der Waals surface area contributed by atoms with Crippen LogP contribution in [0, 0.1) is 0 Å². The molecule has 1 heterocycles. The standard InChI is InChI=1S/C13H10F3NO3S/c14-13(15,16)21-10-3-1-2-8(6-10)4-5-9-7-11(12(18)19)17-20-9/h1-3,6-7H,4-5H2,(H,18,19). The van der Waals surface area contributed by atoms with Crippen molar-refractivity contribution < 1.29 is 27.6 Å². The van der Waals surface area contributed by atoms with Gasteiger partial charge in [0.25, 0.3) is 0 Å². The van der Waals surface area contributed by atoms with Gasteiger partial charge in [0, 0.05) is 17.4 Å². The molecule has 0 aliphatic rings. The van der Waals surface area contributed by atoms with Gasteiger partial charge >= 0.3 is 11.5 Å². The van der Waals surface area contributed by atoms with Crippen LogP contribution in [-0.4, -0.2) is 21.7 Å². The molecule has 0 radical (unpaired) electrons. The highest BCUT2D eigenvalue weighted by Crippen LogP contribution is 2.37. The fourth-order valence-electron chi connectivity index (χ4n) is 1.70. The Morgan fingerprint density at radius 3 is 2.67 bits per heavy atom. The fourth-order valence-corrected chi connectivity index (χ4v) is 2.32. The Balaban J connectivity index is 1.99. The predicted octanol–water partition coefficient (Wildman–Crippen LogP) is 3.77. The number of carbonyl (C=O) groups is 1. The van der Waals surface area contributed by atoms with E-state index in [1.54, 1.807) is 12.1 Å². The molecular weight excluding hydrogens is 307 g/mol. The van der Waals surface area contributed by atoms with Crippen LogP contribution >= 0.6 is 11.8 Å². The summed E-state index contributed by atoms with van der Waals surface area (Å²) >= 11 is -0.169. The molecule has 1 N–H and O–H groups in total. The zero-order chi connectivity index (χ0) is 15.5. The molecule has 0 bridgehead atoms. The first kappa shape index (κ1) is 15.4. The Labute approximate surface area is 121 Å². The molecule has 0 unspecified atom stereocenters. The summed E-state index contributed by atoms with van der Waals surface area (Å²) in [6.07, 6.45) is 0.793.